The number of alkyl halides is 3. The Morgan fingerprint density at radius 2 is 1.97 bits per heavy atom. The van der Waals surface area contributed by atoms with Crippen molar-refractivity contribution in [2.45, 2.75) is 46.0 Å². The predicted molar refractivity (Wildman–Crippen MR) is 138 cm³/mol. The number of fused-ring (bicyclic) bond motifs is 1. The Hall–Kier alpha value is -3.77. The number of imidazole rings is 1. The van der Waals surface area contributed by atoms with Crippen molar-refractivity contribution in [1.29, 1.82) is 0 Å². The molecule has 0 aliphatic heterocycles. The Morgan fingerprint density at radius 1 is 1.15 bits per heavy atom. The first kappa shape index (κ1) is 28.2. The highest BCUT2D eigenvalue weighted by molar-refractivity contribution is 5.95. The lowest BCUT2D eigenvalue weighted by Gasteiger charge is -2.12. The molecule has 3 heterocycles. The lowest BCUT2D eigenvalue weighted by molar-refractivity contribution is -0.141. The van der Waals surface area contributed by atoms with Gasteiger partial charge < -0.3 is 14.8 Å². The molecule has 9 nitrogen and oxygen atoms in total. The molecule has 0 aliphatic rings. The van der Waals surface area contributed by atoms with Crippen LogP contribution in [-0.2, 0) is 35.2 Å². The molecular formula is C27H31F3N6O3. The van der Waals surface area contributed by atoms with Gasteiger partial charge in [0.25, 0.3) is 5.91 Å². The van der Waals surface area contributed by atoms with E-state index in [1.54, 1.807) is 16.7 Å². The number of methoxy groups -OCH3 is 1. The minimum Gasteiger partial charge on any atom is -0.380 e. The number of carbonyl (C=O) groups excluding carboxylic acids is 1. The Labute approximate surface area is 224 Å². The van der Waals surface area contributed by atoms with Crippen LogP contribution >= 0.6 is 0 Å². The van der Waals surface area contributed by atoms with E-state index in [1.807, 2.05) is 26.0 Å². The topological polar surface area (TPSA) is 95.6 Å². The number of aromatic nitrogens is 5. The first-order valence-corrected chi connectivity index (χ1v) is 12.7. The minimum absolute atomic E-state index is 0.104. The van der Waals surface area contributed by atoms with E-state index in [0.29, 0.717) is 49.5 Å². The summed E-state index contributed by atoms with van der Waals surface area (Å²) in [6.07, 6.45) is 3.10. The van der Waals surface area contributed by atoms with Crippen molar-refractivity contribution in [3.63, 3.8) is 0 Å². The summed E-state index contributed by atoms with van der Waals surface area (Å²) in [4.78, 5) is 21.5. The van der Waals surface area contributed by atoms with Crippen molar-refractivity contribution < 1.29 is 27.4 Å². The molecule has 0 saturated heterocycles. The summed E-state index contributed by atoms with van der Waals surface area (Å²) in [7, 11) is 1.38. The number of benzene rings is 1. The summed E-state index contributed by atoms with van der Waals surface area (Å²) in [5.41, 5.74) is 2.54. The molecule has 208 valence electrons. The molecule has 12 heteroatoms. The summed E-state index contributed by atoms with van der Waals surface area (Å²) in [5, 5.41) is 6.55. The number of aryl methyl sites for hydroxylation is 1. The van der Waals surface area contributed by atoms with Gasteiger partial charge in [-0.05, 0) is 30.0 Å². The zero-order valence-electron chi connectivity index (χ0n) is 22.1. The third-order valence-corrected chi connectivity index (χ3v) is 6.12. The quantitative estimate of drug-likeness (QED) is 0.264. The number of nitrogens with one attached hydrogen (secondary N) is 1. The van der Waals surface area contributed by atoms with E-state index in [1.165, 1.54) is 25.7 Å². The fraction of sp³-hybridized carbons (Fsp3) is 0.407. The van der Waals surface area contributed by atoms with Gasteiger partial charge in [0.05, 0.1) is 29.8 Å². The molecule has 1 N–H and O–H groups in total. The molecule has 0 unspecified atom stereocenters. The van der Waals surface area contributed by atoms with Crippen LogP contribution in [-0.4, -0.2) is 56.9 Å². The maximum Gasteiger partial charge on any atom is 0.435 e. The Kier molecular flexibility index (Phi) is 8.97. The number of ether oxygens (including phenoxy) is 2. The predicted octanol–water partition coefficient (Wildman–Crippen LogP) is 4.53. The second kappa shape index (κ2) is 12.4. The number of hydrogen-bond donors (Lipinski definition) is 1. The van der Waals surface area contributed by atoms with E-state index < -0.39 is 11.9 Å². The van der Waals surface area contributed by atoms with Gasteiger partial charge in [-0.1, -0.05) is 26.0 Å². The molecule has 4 rings (SSSR count). The average molecular weight is 545 g/mol. The van der Waals surface area contributed by atoms with Gasteiger partial charge >= 0.3 is 6.18 Å². The molecule has 39 heavy (non-hydrogen) atoms. The molecule has 0 aliphatic carbocycles. The molecule has 0 bridgehead atoms. The number of amides is 1. The Morgan fingerprint density at radius 3 is 2.69 bits per heavy atom. The number of halogens is 3. The number of nitrogens with zero attached hydrogens (tertiary/aromatic N) is 5. The van der Waals surface area contributed by atoms with E-state index in [2.05, 4.69) is 20.4 Å². The van der Waals surface area contributed by atoms with Gasteiger partial charge in [0.1, 0.15) is 6.73 Å². The van der Waals surface area contributed by atoms with Crippen LogP contribution in [0.25, 0.3) is 16.9 Å². The maximum atomic E-state index is 13.7. The number of carbonyl (C=O) groups is 1. The van der Waals surface area contributed by atoms with E-state index in [4.69, 9.17) is 9.47 Å². The van der Waals surface area contributed by atoms with Crippen LogP contribution in [0.3, 0.4) is 0 Å². The van der Waals surface area contributed by atoms with E-state index in [9.17, 15) is 18.0 Å². The van der Waals surface area contributed by atoms with Gasteiger partial charge in [0, 0.05) is 50.8 Å². The summed E-state index contributed by atoms with van der Waals surface area (Å²) in [6, 6.07) is 5.59. The third kappa shape index (κ3) is 6.45. The van der Waals surface area contributed by atoms with Crippen molar-refractivity contribution in [3.8, 4) is 11.3 Å². The van der Waals surface area contributed by atoms with Crippen LogP contribution < -0.4 is 5.32 Å². The van der Waals surface area contributed by atoms with Crippen molar-refractivity contribution in [3.05, 3.63) is 71.1 Å². The van der Waals surface area contributed by atoms with Crippen molar-refractivity contribution >= 4 is 11.6 Å². The largest absolute Gasteiger partial charge is 0.435 e. The highest BCUT2D eigenvalue weighted by Crippen LogP contribution is 2.36. The lowest BCUT2D eigenvalue weighted by atomic mass is 9.99. The summed E-state index contributed by atoms with van der Waals surface area (Å²) < 4.78 is 54.3. The first-order chi connectivity index (χ1) is 18.8. The molecule has 0 atom stereocenters. The second-order valence-electron chi connectivity index (χ2n) is 8.95. The standard InChI is InChI=1S/C27H31F3N6O3/c1-4-11-39-12-9-32-26(37)20-7-6-18(13-19(20)5-2)14-22-25-33-15-23(36(25)10-8-31-22)21-16-35(17-38-3)34-24(21)27(28,29)30/h6-8,10,13,15-16H,4-5,9,11-12,14,17H2,1-3H3,(H,32,37). The molecule has 1 aromatic carbocycles. The zero-order chi connectivity index (χ0) is 28.0. The Bertz CT molecular complexity index is 1430. The van der Waals surface area contributed by atoms with Gasteiger partial charge in [0.2, 0.25) is 0 Å². The lowest BCUT2D eigenvalue weighted by Crippen LogP contribution is -2.28. The highest BCUT2D eigenvalue weighted by atomic mass is 19.4. The van der Waals surface area contributed by atoms with Crippen LogP contribution in [0.4, 0.5) is 13.2 Å². The normalized spacial score (nSPS) is 11.8. The fourth-order valence-corrected chi connectivity index (χ4v) is 4.36. The van der Waals surface area contributed by atoms with E-state index in [0.717, 1.165) is 22.2 Å². The molecule has 0 fully saturated rings. The van der Waals surface area contributed by atoms with Crippen LogP contribution in [0.1, 0.15) is 53.1 Å². The van der Waals surface area contributed by atoms with Gasteiger partial charge in [-0.2, -0.15) is 18.3 Å². The van der Waals surface area contributed by atoms with Crippen molar-refractivity contribution in [2.75, 3.05) is 26.9 Å². The average Bonchev–Trinajstić information content (AvgIpc) is 3.53. The Balaban J connectivity index is 1.59. The van der Waals surface area contributed by atoms with Crippen molar-refractivity contribution in [2.24, 2.45) is 0 Å². The summed E-state index contributed by atoms with van der Waals surface area (Å²) >= 11 is 0. The third-order valence-electron chi connectivity index (χ3n) is 6.12. The van der Waals surface area contributed by atoms with E-state index >= 15 is 0 Å². The van der Waals surface area contributed by atoms with Gasteiger partial charge in [-0.3, -0.25) is 14.2 Å². The first-order valence-electron chi connectivity index (χ1n) is 12.7. The molecule has 1 amide bonds. The van der Waals surface area contributed by atoms with Crippen LogP contribution in [0.15, 0.2) is 43.0 Å². The second-order valence-corrected chi connectivity index (χ2v) is 8.95. The maximum absolute atomic E-state index is 13.7. The van der Waals surface area contributed by atoms with E-state index in [-0.39, 0.29) is 23.9 Å². The molecule has 3 aromatic heterocycles. The number of hydrogen-bond acceptors (Lipinski definition) is 6. The summed E-state index contributed by atoms with van der Waals surface area (Å²) in [5.74, 6) is -0.161. The highest BCUT2D eigenvalue weighted by Gasteiger charge is 2.38. The SMILES string of the molecule is CCCOCCNC(=O)c1ccc(Cc2nccn3c(-c4cn(COC)nc4C(F)(F)F)cnc23)cc1CC. The van der Waals surface area contributed by atoms with Crippen LogP contribution in [0.2, 0.25) is 0 Å². The van der Waals surface area contributed by atoms with Crippen molar-refractivity contribution in [1.82, 2.24) is 29.5 Å². The number of rotatable bonds is 12. The van der Waals surface area contributed by atoms with Crippen LogP contribution in [0, 0.1) is 0 Å². The van der Waals surface area contributed by atoms with Gasteiger partial charge in [0.15, 0.2) is 11.3 Å². The van der Waals surface area contributed by atoms with Gasteiger partial charge in [-0.25, -0.2) is 9.67 Å². The zero-order valence-corrected chi connectivity index (χ0v) is 22.1. The smallest absolute Gasteiger partial charge is 0.380 e. The fourth-order valence-electron chi connectivity index (χ4n) is 4.36. The molecule has 4 aromatic rings. The summed E-state index contributed by atoms with van der Waals surface area (Å²) in [6.45, 7) is 5.42. The van der Waals surface area contributed by atoms with Gasteiger partial charge in [-0.15, -0.1) is 0 Å². The molecule has 0 radical (unpaired) electrons. The molecular weight excluding hydrogens is 513 g/mol. The minimum atomic E-state index is -4.65. The molecule has 0 spiro atoms. The van der Waals surface area contributed by atoms with Crippen LogP contribution in [0.5, 0.6) is 0 Å². The molecule has 0 saturated carbocycles. The monoisotopic (exact) mass is 544 g/mol.